The van der Waals surface area contributed by atoms with Crippen LogP contribution in [0.4, 0.5) is 0 Å². The molecule has 16 heavy (non-hydrogen) atoms. The van der Waals surface area contributed by atoms with E-state index in [1.807, 2.05) is 0 Å². The van der Waals surface area contributed by atoms with Crippen LogP contribution in [0, 0.1) is 0 Å². The molecular weight excluding hydrogens is 340 g/mol. The normalized spacial score (nSPS) is 10.2. The van der Waals surface area contributed by atoms with Crippen molar-refractivity contribution in [2.45, 2.75) is 0 Å². The lowest BCUT2D eigenvalue weighted by Gasteiger charge is -2.01. The molecule has 82 valence electrons. The van der Waals surface area contributed by atoms with Crippen molar-refractivity contribution < 1.29 is 4.74 Å². The highest BCUT2D eigenvalue weighted by Crippen LogP contribution is 2.19. The summed E-state index contributed by atoms with van der Waals surface area (Å²) in [6, 6.07) is 5.21. The van der Waals surface area contributed by atoms with Crippen LogP contribution in [-0.4, -0.2) is 27.3 Å². The molecule has 0 aliphatic carbocycles. The molecule has 2 heterocycles. The fraction of sp³-hybridized carbons (Fsp3) is 0.111. The second kappa shape index (κ2) is 4.84. The topological polar surface area (TPSA) is 60.8 Å². The van der Waals surface area contributed by atoms with Gasteiger partial charge in [-0.3, -0.25) is 0 Å². The van der Waals surface area contributed by atoms with Crippen LogP contribution in [0.2, 0.25) is 0 Å². The smallest absolute Gasteiger partial charge is 0.233 e. The minimum Gasteiger partial charge on any atom is -0.480 e. The molecule has 2 aromatic rings. The van der Waals surface area contributed by atoms with Crippen LogP contribution >= 0.6 is 31.9 Å². The minimum atomic E-state index is 0.456. The second-order valence-electron chi connectivity index (χ2n) is 2.80. The summed E-state index contributed by atoms with van der Waals surface area (Å²) in [6.45, 7) is 0. The maximum Gasteiger partial charge on any atom is 0.233 e. The molecular formula is C9H6Br2N4O. The van der Waals surface area contributed by atoms with Gasteiger partial charge < -0.3 is 4.74 Å². The quantitative estimate of drug-likeness (QED) is 0.782. The molecule has 0 aliphatic heterocycles. The van der Waals surface area contributed by atoms with Crippen molar-refractivity contribution in [2.24, 2.45) is 0 Å². The Morgan fingerprint density at radius 3 is 2.25 bits per heavy atom. The van der Waals surface area contributed by atoms with Crippen LogP contribution in [-0.2, 0) is 0 Å². The summed E-state index contributed by atoms with van der Waals surface area (Å²) in [5.41, 5.74) is 0.586. The molecule has 5 nitrogen and oxygen atoms in total. The van der Waals surface area contributed by atoms with Crippen LogP contribution in [0.3, 0.4) is 0 Å². The molecule has 0 bridgehead atoms. The predicted molar refractivity (Wildman–Crippen MR) is 65.0 cm³/mol. The van der Waals surface area contributed by atoms with Crippen LogP contribution in [0.5, 0.6) is 5.88 Å². The summed E-state index contributed by atoms with van der Waals surface area (Å²) in [5, 5.41) is 7.81. The summed E-state index contributed by atoms with van der Waals surface area (Å²) in [6.07, 6.45) is 0. The van der Waals surface area contributed by atoms with Crippen molar-refractivity contribution in [1.82, 2.24) is 20.2 Å². The van der Waals surface area contributed by atoms with Crippen LogP contribution < -0.4 is 4.74 Å². The summed E-state index contributed by atoms with van der Waals surface area (Å²) in [5.74, 6) is 0.953. The van der Waals surface area contributed by atoms with E-state index in [2.05, 4.69) is 52.0 Å². The van der Waals surface area contributed by atoms with E-state index in [1.165, 1.54) is 7.11 Å². The van der Waals surface area contributed by atoms with Crippen LogP contribution in [0.25, 0.3) is 11.5 Å². The van der Waals surface area contributed by atoms with Gasteiger partial charge in [-0.15, -0.1) is 10.2 Å². The first-order valence-corrected chi connectivity index (χ1v) is 5.86. The average Bonchev–Trinajstić information content (AvgIpc) is 2.28. The third-order valence-corrected chi connectivity index (χ3v) is 2.55. The zero-order chi connectivity index (χ0) is 11.5. The van der Waals surface area contributed by atoms with Crippen molar-refractivity contribution in [3.63, 3.8) is 0 Å². The highest BCUT2D eigenvalue weighted by atomic mass is 79.9. The van der Waals surface area contributed by atoms with Gasteiger partial charge in [-0.1, -0.05) is 0 Å². The van der Waals surface area contributed by atoms with E-state index in [0.29, 0.717) is 26.6 Å². The maximum absolute atomic E-state index is 4.92. The summed E-state index contributed by atoms with van der Waals surface area (Å²) in [7, 11) is 1.54. The SMILES string of the molecule is COc1ccc(-c2nc(Br)cc(Br)n2)nn1. The van der Waals surface area contributed by atoms with Gasteiger partial charge in [0.15, 0.2) is 5.82 Å². The standard InChI is InChI=1S/C9H6Br2N4O/c1-16-8-3-2-5(14-15-8)9-12-6(10)4-7(11)13-9/h2-4H,1H3. The van der Waals surface area contributed by atoms with Gasteiger partial charge in [0.05, 0.1) is 7.11 Å². The number of ether oxygens (including phenoxy) is 1. The molecule has 0 saturated heterocycles. The van der Waals surface area contributed by atoms with E-state index < -0.39 is 0 Å². The van der Waals surface area contributed by atoms with Gasteiger partial charge in [0.25, 0.3) is 0 Å². The predicted octanol–water partition coefficient (Wildman–Crippen LogP) is 2.47. The Hall–Kier alpha value is -1.08. The van der Waals surface area contributed by atoms with Gasteiger partial charge in [0.1, 0.15) is 14.9 Å². The van der Waals surface area contributed by atoms with Crippen molar-refractivity contribution >= 4 is 31.9 Å². The second-order valence-corrected chi connectivity index (χ2v) is 4.42. The first-order valence-electron chi connectivity index (χ1n) is 4.27. The molecule has 0 aliphatic rings. The third-order valence-electron chi connectivity index (χ3n) is 1.74. The fourth-order valence-electron chi connectivity index (χ4n) is 1.05. The first kappa shape index (κ1) is 11.4. The lowest BCUT2D eigenvalue weighted by atomic mass is 10.3. The Morgan fingerprint density at radius 1 is 1.06 bits per heavy atom. The van der Waals surface area contributed by atoms with E-state index in [4.69, 9.17) is 4.74 Å². The Kier molecular flexibility index (Phi) is 3.45. The Labute approximate surface area is 109 Å². The number of aromatic nitrogens is 4. The molecule has 0 aromatic carbocycles. The van der Waals surface area contributed by atoms with Gasteiger partial charge in [-0.2, -0.15) is 0 Å². The molecule has 0 radical (unpaired) electrons. The molecule has 2 rings (SSSR count). The minimum absolute atomic E-state index is 0.456. The Morgan fingerprint density at radius 2 is 1.75 bits per heavy atom. The van der Waals surface area contributed by atoms with Crippen LogP contribution in [0.15, 0.2) is 27.4 Å². The molecule has 0 fully saturated rings. The van der Waals surface area contributed by atoms with E-state index in [9.17, 15) is 0 Å². The van der Waals surface area contributed by atoms with Gasteiger partial charge in [0.2, 0.25) is 5.88 Å². The fourth-order valence-corrected chi connectivity index (χ4v) is 2.13. The Bertz CT molecular complexity index is 483. The number of hydrogen-bond donors (Lipinski definition) is 0. The first-order chi connectivity index (χ1) is 7.69. The van der Waals surface area contributed by atoms with Gasteiger partial charge in [-0.05, 0) is 37.9 Å². The number of hydrogen-bond acceptors (Lipinski definition) is 5. The number of nitrogens with zero attached hydrogens (tertiary/aromatic N) is 4. The van der Waals surface area contributed by atoms with E-state index in [-0.39, 0.29) is 0 Å². The maximum atomic E-state index is 4.92. The lowest BCUT2D eigenvalue weighted by molar-refractivity contribution is 0.392. The van der Waals surface area contributed by atoms with E-state index in [0.717, 1.165) is 0 Å². The largest absolute Gasteiger partial charge is 0.480 e. The summed E-state index contributed by atoms with van der Waals surface area (Å²) in [4.78, 5) is 8.38. The molecule has 2 aromatic heterocycles. The summed E-state index contributed by atoms with van der Waals surface area (Å²) >= 11 is 6.57. The van der Waals surface area contributed by atoms with Crippen molar-refractivity contribution in [2.75, 3.05) is 7.11 Å². The molecule has 0 atom stereocenters. The van der Waals surface area contributed by atoms with Gasteiger partial charge in [-0.25, -0.2) is 9.97 Å². The number of methoxy groups -OCH3 is 1. The Balaban J connectivity index is 2.42. The van der Waals surface area contributed by atoms with Gasteiger partial charge >= 0.3 is 0 Å². The average molecular weight is 346 g/mol. The number of rotatable bonds is 2. The molecule has 0 spiro atoms. The zero-order valence-electron chi connectivity index (χ0n) is 8.19. The highest BCUT2D eigenvalue weighted by Gasteiger charge is 2.06. The van der Waals surface area contributed by atoms with E-state index in [1.54, 1.807) is 18.2 Å². The van der Waals surface area contributed by atoms with Crippen molar-refractivity contribution in [3.8, 4) is 17.4 Å². The van der Waals surface area contributed by atoms with E-state index >= 15 is 0 Å². The van der Waals surface area contributed by atoms with Crippen LogP contribution in [0.1, 0.15) is 0 Å². The molecule has 0 saturated carbocycles. The molecule has 0 amide bonds. The van der Waals surface area contributed by atoms with Crippen molar-refractivity contribution in [1.29, 1.82) is 0 Å². The monoisotopic (exact) mass is 344 g/mol. The highest BCUT2D eigenvalue weighted by molar-refractivity contribution is 9.11. The third kappa shape index (κ3) is 2.53. The van der Waals surface area contributed by atoms with Gasteiger partial charge in [0, 0.05) is 12.1 Å². The lowest BCUT2D eigenvalue weighted by Crippen LogP contribution is -1.96. The molecule has 0 N–H and O–H groups in total. The van der Waals surface area contributed by atoms with Crippen molar-refractivity contribution in [3.05, 3.63) is 27.4 Å². The summed E-state index contributed by atoms with van der Waals surface area (Å²) < 4.78 is 6.28. The zero-order valence-corrected chi connectivity index (χ0v) is 11.4. The molecule has 7 heteroatoms. The number of halogens is 2. The molecule has 0 unspecified atom stereocenters.